The minimum Gasteiger partial charge on any atom is -0.493 e. The summed E-state index contributed by atoms with van der Waals surface area (Å²) in [4.78, 5) is 0. The van der Waals surface area contributed by atoms with Crippen LogP contribution >= 0.6 is 0 Å². The normalized spacial score (nSPS) is 11.9. The van der Waals surface area contributed by atoms with Crippen molar-refractivity contribution in [3.63, 3.8) is 0 Å². The molecule has 2 nitrogen and oxygen atoms in total. The van der Waals surface area contributed by atoms with Crippen LogP contribution in [0.1, 0.15) is 54.9 Å². The minimum atomic E-state index is 0.418. The van der Waals surface area contributed by atoms with Crippen molar-refractivity contribution in [3.05, 3.63) is 107 Å². The average molecular weight is 424 g/mol. The Bertz CT molecular complexity index is 999. The van der Waals surface area contributed by atoms with Gasteiger partial charge in [0.05, 0.1) is 18.2 Å². The number of ether oxygens (including phenoxy) is 1. The molecule has 1 atom stereocenters. The quantitative estimate of drug-likeness (QED) is 0.281. The Morgan fingerprint density at radius 1 is 0.875 bits per heavy atom. The van der Waals surface area contributed by atoms with Gasteiger partial charge >= 0.3 is 0 Å². The largest absolute Gasteiger partial charge is 0.493 e. The Hall–Kier alpha value is -3.31. The number of hydrogen-bond donors (Lipinski definition) is 0. The Kier molecular flexibility index (Phi) is 9.62. The molecule has 0 fully saturated rings. The van der Waals surface area contributed by atoms with Crippen LogP contribution in [0, 0.1) is 17.2 Å². The van der Waals surface area contributed by atoms with Crippen LogP contribution < -0.4 is 4.74 Å². The second-order valence-corrected chi connectivity index (χ2v) is 8.25. The summed E-state index contributed by atoms with van der Waals surface area (Å²) in [5.74, 6) is 1.38. The van der Waals surface area contributed by atoms with Crippen LogP contribution in [0.4, 0.5) is 0 Å². The third-order valence-electron chi connectivity index (χ3n) is 5.70. The molecule has 2 heteroatoms. The lowest BCUT2D eigenvalue weighted by atomic mass is 9.91. The first-order valence-electron chi connectivity index (χ1n) is 11.7. The van der Waals surface area contributed by atoms with Gasteiger partial charge < -0.3 is 4.74 Å². The molecule has 0 N–H and O–H groups in total. The zero-order chi connectivity index (χ0) is 22.4. The molecule has 3 aromatic rings. The molecule has 164 valence electrons. The van der Waals surface area contributed by atoms with Crippen molar-refractivity contribution in [2.75, 3.05) is 6.61 Å². The molecule has 0 spiro atoms. The third-order valence-corrected chi connectivity index (χ3v) is 5.70. The average Bonchev–Trinajstić information content (AvgIpc) is 2.85. The molecule has 0 radical (unpaired) electrons. The van der Waals surface area contributed by atoms with Gasteiger partial charge in [-0.05, 0) is 60.9 Å². The fraction of sp³-hybridized carbons (Fsp3) is 0.300. The Morgan fingerprint density at radius 3 is 2.38 bits per heavy atom. The Morgan fingerprint density at radius 2 is 1.62 bits per heavy atom. The van der Waals surface area contributed by atoms with E-state index < -0.39 is 0 Å². The highest BCUT2D eigenvalue weighted by atomic mass is 16.5. The van der Waals surface area contributed by atoms with Crippen molar-refractivity contribution in [1.82, 2.24) is 0 Å². The minimum absolute atomic E-state index is 0.418. The molecule has 1 unspecified atom stereocenters. The summed E-state index contributed by atoms with van der Waals surface area (Å²) in [7, 11) is 0. The molecule has 0 aliphatic carbocycles. The van der Waals surface area contributed by atoms with E-state index in [1.165, 1.54) is 24.0 Å². The molecule has 3 aromatic carbocycles. The molecule has 0 aliphatic heterocycles. The number of hydrogen-bond acceptors (Lipinski definition) is 2. The van der Waals surface area contributed by atoms with Crippen molar-refractivity contribution in [2.45, 2.75) is 45.4 Å². The maximum absolute atomic E-state index is 9.02. The van der Waals surface area contributed by atoms with Crippen LogP contribution in [0.15, 0.2) is 84.9 Å². The predicted molar refractivity (Wildman–Crippen MR) is 134 cm³/mol. The number of nitriles is 1. The maximum atomic E-state index is 9.02. The van der Waals surface area contributed by atoms with Crippen molar-refractivity contribution < 1.29 is 4.74 Å². The van der Waals surface area contributed by atoms with Gasteiger partial charge in [0.2, 0.25) is 0 Å². The number of para-hydroxylation sites is 1. The lowest BCUT2D eigenvalue weighted by Gasteiger charge is -2.14. The van der Waals surface area contributed by atoms with E-state index in [1.54, 1.807) is 0 Å². The zero-order valence-electron chi connectivity index (χ0n) is 19.0. The van der Waals surface area contributed by atoms with Gasteiger partial charge in [-0.15, -0.1) is 0 Å². The van der Waals surface area contributed by atoms with E-state index in [0.717, 1.165) is 43.6 Å². The molecule has 32 heavy (non-hydrogen) atoms. The van der Waals surface area contributed by atoms with E-state index in [0.29, 0.717) is 11.5 Å². The second kappa shape index (κ2) is 13.2. The summed E-state index contributed by atoms with van der Waals surface area (Å²) in [5, 5.41) is 9.02. The van der Waals surface area contributed by atoms with Crippen LogP contribution in [0.2, 0.25) is 0 Å². The highest BCUT2D eigenvalue weighted by molar-refractivity contribution is 5.57. The monoisotopic (exact) mass is 423 g/mol. The molecular formula is C30H33NO. The Balaban J connectivity index is 1.70. The van der Waals surface area contributed by atoms with Crippen LogP contribution in [-0.2, 0) is 12.8 Å². The van der Waals surface area contributed by atoms with Crippen molar-refractivity contribution in [2.24, 2.45) is 5.92 Å². The summed E-state index contributed by atoms with van der Waals surface area (Å²) < 4.78 is 6.06. The SMILES string of the molecule is CCCCCOc1ccccc1/C=C/C(CCc1ccc(C#N)cc1)Cc1ccccc1. The number of rotatable bonds is 12. The predicted octanol–water partition coefficient (Wildman–Crippen LogP) is 7.63. The molecule has 0 heterocycles. The first kappa shape index (κ1) is 23.4. The van der Waals surface area contributed by atoms with Crippen molar-refractivity contribution in [1.29, 1.82) is 5.26 Å². The van der Waals surface area contributed by atoms with Crippen LogP contribution in [0.3, 0.4) is 0 Å². The summed E-state index contributed by atoms with van der Waals surface area (Å²) in [6.07, 6.45) is 11.1. The lowest BCUT2D eigenvalue weighted by Crippen LogP contribution is -2.04. The summed E-state index contributed by atoms with van der Waals surface area (Å²) in [6.45, 7) is 2.98. The summed E-state index contributed by atoms with van der Waals surface area (Å²) in [5.41, 5.74) is 4.48. The van der Waals surface area contributed by atoms with Gasteiger partial charge in [-0.3, -0.25) is 0 Å². The third kappa shape index (κ3) is 7.75. The van der Waals surface area contributed by atoms with Gasteiger partial charge in [-0.1, -0.05) is 92.6 Å². The second-order valence-electron chi connectivity index (χ2n) is 8.25. The van der Waals surface area contributed by atoms with Gasteiger partial charge in [0.15, 0.2) is 0 Å². The van der Waals surface area contributed by atoms with E-state index in [9.17, 15) is 0 Å². The molecule has 0 saturated heterocycles. The number of aryl methyl sites for hydroxylation is 1. The Labute approximate surface area is 193 Å². The number of allylic oxidation sites excluding steroid dienone is 1. The summed E-state index contributed by atoms with van der Waals surface area (Å²) >= 11 is 0. The van der Waals surface area contributed by atoms with E-state index in [1.807, 2.05) is 18.2 Å². The van der Waals surface area contributed by atoms with Crippen LogP contribution in [0.5, 0.6) is 5.75 Å². The molecule has 0 bridgehead atoms. The zero-order valence-corrected chi connectivity index (χ0v) is 19.0. The first-order valence-corrected chi connectivity index (χ1v) is 11.7. The fourth-order valence-corrected chi connectivity index (χ4v) is 3.80. The molecule has 0 amide bonds. The number of nitrogens with zero attached hydrogens (tertiary/aromatic N) is 1. The molecule has 3 rings (SSSR count). The molecular weight excluding hydrogens is 390 g/mol. The number of benzene rings is 3. The molecule has 0 aliphatic rings. The lowest BCUT2D eigenvalue weighted by molar-refractivity contribution is 0.305. The van der Waals surface area contributed by atoms with E-state index in [2.05, 4.69) is 85.8 Å². The van der Waals surface area contributed by atoms with Gasteiger partial charge in [-0.2, -0.15) is 5.26 Å². The van der Waals surface area contributed by atoms with Crippen molar-refractivity contribution >= 4 is 6.08 Å². The molecule has 0 aromatic heterocycles. The van der Waals surface area contributed by atoms with Gasteiger partial charge in [0, 0.05) is 5.56 Å². The first-order chi connectivity index (χ1) is 15.8. The summed E-state index contributed by atoms with van der Waals surface area (Å²) in [6, 6.07) is 29.1. The maximum Gasteiger partial charge on any atom is 0.126 e. The van der Waals surface area contributed by atoms with E-state index >= 15 is 0 Å². The van der Waals surface area contributed by atoms with E-state index in [-0.39, 0.29) is 0 Å². The van der Waals surface area contributed by atoms with Crippen LogP contribution in [0.25, 0.3) is 6.08 Å². The highest BCUT2D eigenvalue weighted by Crippen LogP contribution is 2.23. The van der Waals surface area contributed by atoms with Gasteiger partial charge in [0.1, 0.15) is 5.75 Å². The topological polar surface area (TPSA) is 33.0 Å². The smallest absolute Gasteiger partial charge is 0.126 e. The standard InChI is InChI=1S/C30H33NO/c1-2-3-9-22-32-30-13-8-7-12-29(30)21-20-27(23-26-10-5-4-6-11-26)17-14-25-15-18-28(24-31)19-16-25/h4-8,10-13,15-16,18-21,27H,2-3,9,14,17,22-23H2,1H3/b21-20+. The van der Waals surface area contributed by atoms with Gasteiger partial charge in [0.25, 0.3) is 0 Å². The number of unbranched alkanes of at least 4 members (excludes halogenated alkanes) is 2. The molecule has 0 saturated carbocycles. The van der Waals surface area contributed by atoms with Crippen LogP contribution in [-0.4, -0.2) is 6.61 Å². The fourth-order valence-electron chi connectivity index (χ4n) is 3.80. The van der Waals surface area contributed by atoms with Gasteiger partial charge in [-0.25, -0.2) is 0 Å². The van der Waals surface area contributed by atoms with Crippen molar-refractivity contribution in [3.8, 4) is 11.8 Å². The van der Waals surface area contributed by atoms with E-state index in [4.69, 9.17) is 10.00 Å². The highest BCUT2D eigenvalue weighted by Gasteiger charge is 2.09.